The molecule has 2 fully saturated rings. The summed E-state index contributed by atoms with van der Waals surface area (Å²) in [6.07, 6.45) is 4.82. The van der Waals surface area contributed by atoms with Crippen LogP contribution in [0.25, 0.3) is 10.9 Å². The summed E-state index contributed by atoms with van der Waals surface area (Å²) in [5.41, 5.74) is 1.82. The van der Waals surface area contributed by atoms with E-state index in [9.17, 15) is 9.59 Å². The van der Waals surface area contributed by atoms with Gasteiger partial charge in [0.2, 0.25) is 5.91 Å². The van der Waals surface area contributed by atoms with Gasteiger partial charge in [-0.2, -0.15) is 0 Å². The molecule has 132 valence electrons. The number of likely N-dealkylation sites (tertiary alicyclic amines) is 1. The summed E-state index contributed by atoms with van der Waals surface area (Å²) in [5, 5.41) is 4.31. The van der Waals surface area contributed by atoms with Crippen molar-refractivity contribution in [1.29, 1.82) is 0 Å². The van der Waals surface area contributed by atoms with Gasteiger partial charge in [-0.05, 0) is 62.3 Å². The molecule has 2 N–H and O–H groups in total. The van der Waals surface area contributed by atoms with Crippen molar-refractivity contribution in [2.45, 2.75) is 38.6 Å². The molecule has 5 nitrogen and oxygen atoms in total. The lowest BCUT2D eigenvalue weighted by Gasteiger charge is -2.33. The average molecular weight is 360 g/mol. The molecular formula is C19H22ClN3O2. The van der Waals surface area contributed by atoms with Crippen LogP contribution in [0.4, 0.5) is 0 Å². The second-order valence-electron chi connectivity index (χ2n) is 7.44. The second-order valence-corrected chi connectivity index (χ2v) is 7.87. The van der Waals surface area contributed by atoms with Gasteiger partial charge in [-0.15, -0.1) is 0 Å². The number of amides is 2. The van der Waals surface area contributed by atoms with E-state index in [1.807, 2.05) is 11.0 Å². The van der Waals surface area contributed by atoms with Crippen LogP contribution >= 0.6 is 11.6 Å². The fraction of sp³-hybridized carbons (Fsp3) is 0.474. The summed E-state index contributed by atoms with van der Waals surface area (Å²) < 4.78 is 0. The van der Waals surface area contributed by atoms with Gasteiger partial charge in [-0.1, -0.05) is 11.6 Å². The van der Waals surface area contributed by atoms with Crippen LogP contribution < -0.4 is 5.32 Å². The van der Waals surface area contributed by atoms with Gasteiger partial charge < -0.3 is 15.2 Å². The van der Waals surface area contributed by atoms with Gasteiger partial charge in [-0.25, -0.2) is 0 Å². The molecular weight excluding hydrogens is 338 g/mol. The molecule has 25 heavy (non-hydrogen) atoms. The molecule has 2 heterocycles. The molecule has 1 spiro atoms. The third kappa shape index (κ3) is 3.25. The Morgan fingerprint density at radius 1 is 1.20 bits per heavy atom. The lowest BCUT2D eigenvalue weighted by molar-refractivity contribution is -0.134. The second kappa shape index (κ2) is 6.06. The zero-order chi connectivity index (χ0) is 17.6. The molecule has 4 rings (SSSR count). The summed E-state index contributed by atoms with van der Waals surface area (Å²) >= 11 is 5.98. The number of rotatable bonds is 3. The first kappa shape index (κ1) is 16.5. The van der Waals surface area contributed by atoms with E-state index in [4.69, 9.17) is 11.6 Å². The minimum absolute atomic E-state index is 0.00278. The number of hydrogen-bond donors (Lipinski definition) is 2. The molecule has 1 saturated heterocycles. The Kier molecular flexibility index (Phi) is 3.99. The maximum atomic E-state index is 12.6. The molecule has 2 aliphatic rings. The largest absolute Gasteiger partial charge is 0.351 e. The fourth-order valence-corrected chi connectivity index (χ4v) is 3.89. The van der Waals surface area contributed by atoms with Gasteiger partial charge in [0.1, 0.15) is 11.7 Å². The highest BCUT2D eigenvalue weighted by molar-refractivity contribution is 6.31. The van der Waals surface area contributed by atoms with Crippen LogP contribution in [0, 0.1) is 5.41 Å². The van der Waals surface area contributed by atoms with Crippen LogP contribution in [-0.4, -0.2) is 40.8 Å². The standard InChI is InChI=1S/C19H22ClN3O2/c1-12(18(25)23-8-6-19(4-5-19)7-9-23)21-17(24)16-11-13-10-14(20)2-3-15(13)22-16/h2-3,10-12,22H,4-9H2,1H3,(H,21,24). The number of H-pyrrole nitrogens is 1. The molecule has 1 aromatic heterocycles. The van der Waals surface area contributed by atoms with Gasteiger partial charge in [-0.3, -0.25) is 9.59 Å². The minimum atomic E-state index is -0.532. The van der Waals surface area contributed by atoms with Crippen molar-refractivity contribution < 1.29 is 9.59 Å². The number of piperidine rings is 1. The maximum Gasteiger partial charge on any atom is 0.268 e. The van der Waals surface area contributed by atoms with E-state index in [0.29, 0.717) is 16.1 Å². The average Bonchev–Trinajstić information content (AvgIpc) is 3.21. The van der Waals surface area contributed by atoms with Crippen molar-refractivity contribution in [3.63, 3.8) is 0 Å². The van der Waals surface area contributed by atoms with Gasteiger partial charge in [0.05, 0.1) is 0 Å². The lowest BCUT2D eigenvalue weighted by atomic mass is 9.93. The first-order valence-corrected chi connectivity index (χ1v) is 9.22. The number of carbonyl (C=O) groups is 2. The third-order valence-electron chi connectivity index (χ3n) is 5.64. The highest BCUT2D eigenvalue weighted by Crippen LogP contribution is 2.53. The third-order valence-corrected chi connectivity index (χ3v) is 5.87. The summed E-state index contributed by atoms with van der Waals surface area (Å²) in [6.45, 7) is 3.37. The Morgan fingerprint density at radius 2 is 1.92 bits per heavy atom. The number of halogens is 1. The predicted octanol–water partition coefficient (Wildman–Crippen LogP) is 3.34. The van der Waals surface area contributed by atoms with Crippen molar-refractivity contribution in [2.75, 3.05) is 13.1 Å². The number of nitrogens with one attached hydrogen (secondary N) is 2. The molecule has 1 unspecified atom stereocenters. The lowest BCUT2D eigenvalue weighted by Crippen LogP contribution is -2.49. The van der Waals surface area contributed by atoms with Crippen LogP contribution in [0.2, 0.25) is 5.02 Å². The predicted molar refractivity (Wildman–Crippen MR) is 97.7 cm³/mol. The van der Waals surface area contributed by atoms with E-state index in [2.05, 4.69) is 10.3 Å². The zero-order valence-corrected chi connectivity index (χ0v) is 15.0. The van der Waals surface area contributed by atoms with Gasteiger partial charge in [0.25, 0.3) is 5.91 Å². The fourth-order valence-electron chi connectivity index (χ4n) is 3.71. The molecule has 1 saturated carbocycles. The maximum absolute atomic E-state index is 12.6. The number of aromatic amines is 1. The van der Waals surface area contributed by atoms with Crippen LogP contribution in [0.5, 0.6) is 0 Å². The van der Waals surface area contributed by atoms with Gasteiger partial charge >= 0.3 is 0 Å². The normalized spacial score (nSPS) is 19.8. The monoisotopic (exact) mass is 359 g/mol. The zero-order valence-electron chi connectivity index (χ0n) is 14.3. The van der Waals surface area contributed by atoms with Crippen molar-refractivity contribution in [1.82, 2.24) is 15.2 Å². The van der Waals surface area contributed by atoms with Crippen molar-refractivity contribution >= 4 is 34.3 Å². The Hall–Kier alpha value is -2.01. The quantitative estimate of drug-likeness (QED) is 0.882. The van der Waals surface area contributed by atoms with Gasteiger partial charge in [0, 0.05) is 29.0 Å². The van der Waals surface area contributed by atoms with E-state index in [0.717, 1.165) is 36.8 Å². The smallest absolute Gasteiger partial charge is 0.268 e. The topological polar surface area (TPSA) is 65.2 Å². The number of fused-ring (bicyclic) bond motifs is 1. The van der Waals surface area contributed by atoms with E-state index < -0.39 is 6.04 Å². The molecule has 6 heteroatoms. The summed E-state index contributed by atoms with van der Waals surface area (Å²) in [7, 11) is 0. The molecule has 2 amide bonds. The van der Waals surface area contributed by atoms with E-state index in [1.165, 1.54) is 12.8 Å². The molecule has 1 aliphatic carbocycles. The number of hydrogen-bond acceptors (Lipinski definition) is 2. The van der Waals surface area contributed by atoms with Crippen LogP contribution in [0.15, 0.2) is 24.3 Å². The Morgan fingerprint density at radius 3 is 2.60 bits per heavy atom. The molecule has 0 bridgehead atoms. The number of aromatic nitrogens is 1. The van der Waals surface area contributed by atoms with Crippen molar-refractivity contribution in [3.05, 3.63) is 35.0 Å². The molecule has 1 aromatic carbocycles. The summed E-state index contributed by atoms with van der Waals surface area (Å²) in [6, 6.07) is 6.64. The first-order chi connectivity index (χ1) is 12.0. The van der Waals surface area contributed by atoms with E-state index >= 15 is 0 Å². The minimum Gasteiger partial charge on any atom is -0.351 e. The van der Waals surface area contributed by atoms with Crippen molar-refractivity contribution in [3.8, 4) is 0 Å². The molecule has 1 atom stereocenters. The van der Waals surface area contributed by atoms with Crippen LogP contribution in [0.3, 0.4) is 0 Å². The summed E-state index contributed by atoms with van der Waals surface area (Å²) in [5.74, 6) is -0.271. The molecule has 0 radical (unpaired) electrons. The number of nitrogens with zero attached hydrogens (tertiary/aromatic N) is 1. The van der Waals surface area contributed by atoms with Crippen molar-refractivity contribution in [2.24, 2.45) is 5.41 Å². The summed E-state index contributed by atoms with van der Waals surface area (Å²) in [4.78, 5) is 30.0. The van der Waals surface area contributed by atoms with Crippen LogP contribution in [0.1, 0.15) is 43.1 Å². The molecule has 1 aliphatic heterocycles. The Labute approximate surface area is 151 Å². The number of carbonyl (C=O) groups excluding carboxylic acids is 2. The van der Waals surface area contributed by atoms with E-state index in [-0.39, 0.29) is 11.8 Å². The van der Waals surface area contributed by atoms with Gasteiger partial charge in [0.15, 0.2) is 0 Å². The highest BCUT2D eigenvalue weighted by atomic mass is 35.5. The van der Waals surface area contributed by atoms with Crippen LogP contribution in [-0.2, 0) is 4.79 Å². The molecule has 2 aromatic rings. The highest BCUT2D eigenvalue weighted by Gasteiger charge is 2.45. The SMILES string of the molecule is CC(NC(=O)c1cc2cc(Cl)ccc2[nH]1)C(=O)N1CCC2(CC1)CC2. The first-order valence-electron chi connectivity index (χ1n) is 8.84. The number of benzene rings is 1. The Balaban J connectivity index is 1.39. The Bertz CT molecular complexity index is 830. The van der Waals surface area contributed by atoms with E-state index in [1.54, 1.807) is 25.1 Å².